The van der Waals surface area contributed by atoms with E-state index in [0.29, 0.717) is 25.2 Å². The Morgan fingerprint density at radius 2 is 1.51 bits per heavy atom. The standard InChI is InChI=1S/C32H29N3O2/c1-23-14-16-24(17-15-23)22-35-30-27(13-8-19-33-30)21-29(32(35)37)31(36)34-20-18-28(25-9-4-2-5-10-25)26-11-6-3-7-12-26/h2-17,19,21,28H,18,20,22H2,1H3,(H,34,36). The van der Waals surface area contributed by atoms with Gasteiger partial charge in [-0.15, -0.1) is 0 Å². The predicted octanol–water partition coefficient (Wildman–Crippen LogP) is 5.71. The lowest BCUT2D eigenvalue weighted by Gasteiger charge is -2.18. The number of carbonyl (C=O) groups is 1. The Morgan fingerprint density at radius 3 is 2.16 bits per heavy atom. The van der Waals surface area contributed by atoms with Crippen LogP contribution in [0.15, 0.2) is 114 Å². The zero-order valence-electron chi connectivity index (χ0n) is 20.8. The first-order valence-electron chi connectivity index (χ1n) is 12.5. The van der Waals surface area contributed by atoms with E-state index in [4.69, 9.17) is 0 Å². The molecule has 37 heavy (non-hydrogen) atoms. The van der Waals surface area contributed by atoms with Crippen LogP contribution in [0.4, 0.5) is 0 Å². The molecule has 0 fully saturated rings. The van der Waals surface area contributed by atoms with Gasteiger partial charge in [0.1, 0.15) is 11.2 Å². The van der Waals surface area contributed by atoms with Crippen LogP contribution in [0.25, 0.3) is 11.0 Å². The average molecular weight is 488 g/mol. The number of nitrogens with zero attached hydrogens (tertiary/aromatic N) is 2. The molecule has 5 heteroatoms. The maximum Gasteiger partial charge on any atom is 0.265 e. The highest BCUT2D eigenvalue weighted by molar-refractivity contribution is 5.96. The number of aromatic nitrogens is 2. The molecule has 0 spiro atoms. The number of aryl methyl sites for hydroxylation is 1. The molecule has 0 saturated heterocycles. The third-order valence-corrected chi connectivity index (χ3v) is 6.68. The molecule has 0 aliphatic carbocycles. The van der Waals surface area contributed by atoms with Gasteiger partial charge in [-0.1, -0.05) is 90.5 Å². The molecular formula is C32H29N3O2. The van der Waals surface area contributed by atoms with Crippen LogP contribution in [0, 0.1) is 6.92 Å². The fraction of sp³-hybridized carbons (Fsp3) is 0.156. The normalized spacial score (nSPS) is 11.1. The van der Waals surface area contributed by atoms with Gasteiger partial charge >= 0.3 is 0 Å². The highest BCUT2D eigenvalue weighted by atomic mass is 16.2. The van der Waals surface area contributed by atoms with Gasteiger partial charge in [-0.2, -0.15) is 0 Å². The van der Waals surface area contributed by atoms with E-state index in [2.05, 4.69) is 34.6 Å². The molecule has 0 bridgehead atoms. The van der Waals surface area contributed by atoms with Crippen LogP contribution in [0.1, 0.15) is 45.0 Å². The van der Waals surface area contributed by atoms with Gasteiger partial charge in [0, 0.05) is 24.0 Å². The molecule has 5 aromatic rings. The van der Waals surface area contributed by atoms with Crippen molar-refractivity contribution in [1.29, 1.82) is 0 Å². The first kappa shape index (κ1) is 24.2. The average Bonchev–Trinajstić information content (AvgIpc) is 2.94. The van der Waals surface area contributed by atoms with Gasteiger partial charge < -0.3 is 5.32 Å². The minimum Gasteiger partial charge on any atom is -0.352 e. The molecule has 1 N–H and O–H groups in total. The summed E-state index contributed by atoms with van der Waals surface area (Å²) in [4.78, 5) is 31.2. The van der Waals surface area contributed by atoms with Gasteiger partial charge in [0.05, 0.1) is 6.54 Å². The second-order valence-electron chi connectivity index (χ2n) is 9.27. The Morgan fingerprint density at radius 1 is 0.865 bits per heavy atom. The van der Waals surface area contributed by atoms with E-state index in [9.17, 15) is 9.59 Å². The van der Waals surface area contributed by atoms with Gasteiger partial charge in [0.25, 0.3) is 11.5 Å². The molecule has 5 nitrogen and oxygen atoms in total. The minimum atomic E-state index is -0.367. The highest BCUT2D eigenvalue weighted by Gasteiger charge is 2.18. The van der Waals surface area contributed by atoms with E-state index in [1.165, 1.54) is 11.1 Å². The molecule has 2 heterocycles. The van der Waals surface area contributed by atoms with Crippen LogP contribution >= 0.6 is 0 Å². The molecule has 0 atom stereocenters. The molecule has 0 aliphatic heterocycles. The number of pyridine rings is 2. The van der Waals surface area contributed by atoms with Crippen LogP contribution in [0.2, 0.25) is 0 Å². The van der Waals surface area contributed by atoms with E-state index >= 15 is 0 Å². The number of rotatable bonds is 8. The lowest BCUT2D eigenvalue weighted by molar-refractivity contribution is 0.0951. The second kappa shape index (κ2) is 11.0. The van der Waals surface area contributed by atoms with E-state index in [-0.39, 0.29) is 22.9 Å². The van der Waals surface area contributed by atoms with Crippen molar-refractivity contribution < 1.29 is 4.79 Å². The lowest BCUT2D eigenvalue weighted by Crippen LogP contribution is -2.34. The number of hydrogen-bond acceptors (Lipinski definition) is 3. The molecular weight excluding hydrogens is 458 g/mol. The van der Waals surface area contributed by atoms with E-state index in [1.807, 2.05) is 79.7 Å². The minimum absolute atomic E-state index is 0.128. The first-order chi connectivity index (χ1) is 18.1. The maximum atomic E-state index is 13.5. The molecule has 0 saturated carbocycles. The SMILES string of the molecule is Cc1ccc(Cn2c(=O)c(C(=O)NCCC(c3ccccc3)c3ccccc3)cc3cccnc32)cc1. The third-order valence-electron chi connectivity index (χ3n) is 6.68. The smallest absolute Gasteiger partial charge is 0.265 e. The largest absolute Gasteiger partial charge is 0.352 e. The summed E-state index contributed by atoms with van der Waals surface area (Å²) in [6, 6.07) is 33.9. The zero-order valence-corrected chi connectivity index (χ0v) is 20.8. The summed E-state index contributed by atoms with van der Waals surface area (Å²) in [7, 11) is 0. The maximum absolute atomic E-state index is 13.5. The number of nitrogens with one attached hydrogen (secondary N) is 1. The summed E-state index contributed by atoms with van der Waals surface area (Å²) in [6.07, 6.45) is 2.38. The zero-order chi connectivity index (χ0) is 25.6. The van der Waals surface area contributed by atoms with E-state index in [0.717, 1.165) is 16.5 Å². The van der Waals surface area contributed by atoms with Gasteiger partial charge in [-0.05, 0) is 48.2 Å². The Balaban J connectivity index is 1.39. The summed E-state index contributed by atoms with van der Waals surface area (Å²) in [6.45, 7) is 2.81. The molecule has 0 unspecified atom stereocenters. The molecule has 184 valence electrons. The second-order valence-corrected chi connectivity index (χ2v) is 9.27. The van der Waals surface area contributed by atoms with Gasteiger partial charge in [-0.25, -0.2) is 4.98 Å². The van der Waals surface area contributed by atoms with Crippen molar-refractivity contribution in [2.45, 2.75) is 25.8 Å². The first-order valence-corrected chi connectivity index (χ1v) is 12.5. The third kappa shape index (κ3) is 5.51. The number of benzene rings is 3. The van der Waals surface area contributed by atoms with Crippen LogP contribution in [0.5, 0.6) is 0 Å². The number of fused-ring (bicyclic) bond motifs is 1. The topological polar surface area (TPSA) is 64.0 Å². The van der Waals surface area contributed by atoms with Gasteiger partial charge in [0.2, 0.25) is 0 Å². The van der Waals surface area contributed by atoms with Gasteiger partial charge in [0.15, 0.2) is 0 Å². The van der Waals surface area contributed by atoms with Crippen molar-refractivity contribution in [3.63, 3.8) is 0 Å². The Bertz CT molecular complexity index is 1520. The van der Waals surface area contributed by atoms with Gasteiger partial charge in [-0.3, -0.25) is 14.2 Å². The Kier molecular flexibility index (Phi) is 7.22. The van der Waals surface area contributed by atoms with E-state index < -0.39 is 0 Å². The van der Waals surface area contributed by atoms with Crippen molar-refractivity contribution >= 4 is 16.9 Å². The summed E-state index contributed by atoms with van der Waals surface area (Å²) in [5.41, 5.74) is 4.87. The Labute approximate surface area is 216 Å². The van der Waals surface area contributed by atoms with E-state index in [1.54, 1.807) is 16.8 Å². The molecule has 1 amide bonds. The predicted molar refractivity (Wildman–Crippen MR) is 148 cm³/mol. The number of amides is 1. The van der Waals surface area contributed by atoms with Crippen molar-refractivity contribution in [2.75, 3.05) is 6.54 Å². The van der Waals surface area contributed by atoms with Crippen molar-refractivity contribution in [3.8, 4) is 0 Å². The molecule has 0 radical (unpaired) electrons. The summed E-state index contributed by atoms with van der Waals surface area (Å²) >= 11 is 0. The summed E-state index contributed by atoms with van der Waals surface area (Å²) < 4.78 is 1.59. The number of carbonyl (C=O) groups excluding carboxylic acids is 1. The summed E-state index contributed by atoms with van der Waals surface area (Å²) in [5, 5.41) is 3.76. The molecule has 5 rings (SSSR count). The molecule has 0 aliphatic rings. The quantitative estimate of drug-likeness (QED) is 0.305. The summed E-state index contributed by atoms with van der Waals surface area (Å²) in [5.74, 6) is -0.227. The molecule has 2 aromatic heterocycles. The lowest BCUT2D eigenvalue weighted by atomic mass is 9.88. The van der Waals surface area contributed by atoms with Crippen molar-refractivity contribution in [2.24, 2.45) is 0 Å². The fourth-order valence-corrected chi connectivity index (χ4v) is 4.71. The monoisotopic (exact) mass is 487 g/mol. The van der Waals surface area contributed by atoms with Crippen molar-refractivity contribution in [1.82, 2.24) is 14.9 Å². The highest BCUT2D eigenvalue weighted by Crippen LogP contribution is 2.27. The number of hydrogen-bond donors (Lipinski definition) is 1. The van der Waals surface area contributed by atoms with Crippen LogP contribution < -0.4 is 10.9 Å². The van der Waals surface area contributed by atoms with Crippen molar-refractivity contribution in [3.05, 3.63) is 147 Å². The van der Waals surface area contributed by atoms with Crippen LogP contribution in [0.3, 0.4) is 0 Å². The fourth-order valence-electron chi connectivity index (χ4n) is 4.71. The van der Waals surface area contributed by atoms with Crippen LogP contribution in [-0.4, -0.2) is 22.0 Å². The Hall–Kier alpha value is -4.51. The molecule has 3 aromatic carbocycles. The van der Waals surface area contributed by atoms with Crippen LogP contribution in [-0.2, 0) is 6.54 Å².